The zero-order chi connectivity index (χ0) is 19.5. The van der Waals surface area contributed by atoms with Crippen molar-refractivity contribution in [1.82, 2.24) is 10.2 Å². The molecule has 0 atom stereocenters. The van der Waals surface area contributed by atoms with Crippen LogP contribution in [0.3, 0.4) is 0 Å². The average Bonchev–Trinajstić information content (AvgIpc) is 2.65. The number of likely N-dealkylation sites (tertiary alicyclic amines) is 1. The van der Waals surface area contributed by atoms with Gasteiger partial charge in [-0.15, -0.1) is 0 Å². The Labute approximate surface area is 160 Å². The van der Waals surface area contributed by atoms with Gasteiger partial charge in [0.1, 0.15) is 18.8 Å². The molecule has 0 aliphatic carbocycles. The average molecular weight is 378 g/mol. The zero-order valence-corrected chi connectivity index (χ0v) is 16.4. The van der Waals surface area contributed by atoms with Gasteiger partial charge < -0.3 is 29.5 Å². The lowest BCUT2D eigenvalue weighted by Gasteiger charge is -2.41. The van der Waals surface area contributed by atoms with Gasteiger partial charge in [0.25, 0.3) is 0 Å². The third-order valence-corrected chi connectivity index (χ3v) is 4.95. The minimum atomic E-state index is -0.501. The molecule has 1 saturated heterocycles. The Balaban J connectivity index is 1.55. The van der Waals surface area contributed by atoms with Crippen LogP contribution in [0.25, 0.3) is 0 Å². The second kappa shape index (κ2) is 7.94. The molecular weight excluding hydrogens is 348 g/mol. The summed E-state index contributed by atoms with van der Waals surface area (Å²) in [4.78, 5) is 13.9. The van der Waals surface area contributed by atoms with Crippen LogP contribution >= 0.6 is 0 Å². The van der Waals surface area contributed by atoms with Gasteiger partial charge in [0.15, 0.2) is 11.5 Å². The molecule has 2 aliphatic rings. The van der Waals surface area contributed by atoms with Crippen molar-refractivity contribution in [3.05, 3.63) is 23.8 Å². The predicted octanol–water partition coefficient (Wildman–Crippen LogP) is 2.31. The van der Waals surface area contributed by atoms with E-state index in [1.807, 2.05) is 39.0 Å². The number of hydrogen-bond donors (Lipinski definition) is 2. The molecular formula is C20H30N2O5. The fourth-order valence-electron chi connectivity index (χ4n) is 3.32. The smallest absolute Gasteiger partial charge is 0.410 e. The first-order chi connectivity index (χ1) is 12.8. The number of carbonyl (C=O) groups excluding carboxylic acids is 1. The van der Waals surface area contributed by atoms with Crippen molar-refractivity contribution < 1.29 is 24.1 Å². The van der Waals surface area contributed by atoms with E-state index in [1.165, 1.54) is 0 Å². The van der Waals surface area contributed by atoms with Crippen molar-refractivity contribution >= 4 is 6.09 Å². The largest absolute Gasteiger partial charge is 0.486 e. The predicted molar refractivity (Wildman–Crippen MR) is 101 cm³/mol. The summed E-state index contributed by atoms with van der Waals surface area (Å²) in [6, 6.07) is 5.89. The van der Waals surface area contributed by atoms with Crippen LogP contribution < -0.4 is 14.8 Å². The van der Waals surface area contributed by atoms with Gasteiger partial charge in [0.2, 0.25) is 0 Å². The van der Waals surface area contributed by atoms with Gasteiger partial charge in [-0.2, -0.15) is 0 Å². The summed E-state index contributed by atoms with van der Waals surface area (Å²) in [5.74, 6) is 1.53. The molecule has 7 nitrogen and oxygen atoms in total. The lowest BCUT2D eigenvalue weighted by molar-refractivity contribution is 0.00901. The van der Waals surface area contributed by atoms with Gasteiger partial charge in [0.05, 0.1) is 6.61 Å². The zero-order valence-electron chi connectivity index (χ0n) is 16.4. The standard InChI is InChI=1S/C20H30N2O5/c1-19(2,3)27-18(24)22-8-6-20(14-23,7-9-22)21-13-15-4-5-16-17(12-15)26-11-10-25-16/h4-5,12,21,23H,6-11,13-14H2,1-3H3. The number of aliphatic hydroxyl groups excluding tert-OH is 1. The summed E-state index contributed by atoms with van der Waals surface area (Å²) in [5, 5.41) is 13.5. The number of nitrogens with one attached hydrogen (secondary N) is 1. The molecule has 1 amide bonds. The molecule has 1 aromatic rings. The Morgan fingerprint density at radius 3 is 2.52 bits per heavy atom. The number of hydrogen-bond acceptors (Lipinski definition) is 6. The van der Waals surface area contributed by atoms with E-state index >= 15 is 0 Å². The Hall–Kier alpha value is -1.99. The molecule has 1 fully saturated rings. The van der Waals surface area contributed by atoms with Crippen LogP contribution in [0, 0.1) is 0 Å². The number of rotatable bonds is 4. The molecule has 0 radical (unpaired) electrons. The summed E-state index contributed by atoms with van der Waals surface area (Å²) >= 11 is 0. The first-order valence-electron chi connectivity index (χ1n) is 9.53. The molecule has 2 N–H and O–H groups in total. The molecule has 1 aromatic carbocycles. The van der Waals surface area contributed by atoms with E-state index in [0.717, 1.165) is 17.1 Å². The molecule has 0 aromatic heterocycles. The van der Waals surface area contributed by atoms with Gasteiger partial charge >= 0.3 is 6.09 Å². The highest BCUT2D eigenvalue weighted by Crippen LogP contribution is 2.31. The number of aliphatic hydroxyl groups is 1. The van der Waals surface area contributed by atoms with Crippen molar-refractivity contribution in [2.75, 3.05) is 32.9 Å². The molecule has 0 bridgehead atoms. The number of benzene rings is 1. The number of carbonyl (C=O) groups is 1. The van der Waals surface area contributed by atoms with Crippen molar-refractivity contribution in [3.63, 3.8) is 0 Å². The minimum Gasteiger partial charge on any atom is -0.486 e. The third kappa shape index (κ3) is 5.05. The first kappa shape index (κ1) is 19.8. The maximum absolute atomic E-state index is 12.2. The molecule has 3 rings (SSSR count). The Morgan fingerprint density at radius 1 is 1.22 bits per heavy atom. The number of piperidine rings is 1. The van der Waals surface area contributed by atoms with E-state index in [0.29, 0.717) is 45.7 Å². The van der Waals surface area contributed by atoms with E-state index in [9.17, 15) is 9.90 Å². The van der Waals surface area contributed by atoms with E-state index < -0.39 is 11.1 Å². The number of amides is 1. The number of nitrogens with zero attached hydrogens (tertiary/aromatic N) is 1. The SMILES string of the molecule is CC(C)(C)OC(=O)N1CCC(CO)(NCc2ccc3c(c2)OCCO3)CC1. The molecule has 0 unspecified atom stereocenters. The summed E-state index contributed by atoms with van der Waals surface area (Å²) in [7, 11) is 0. The molecule has 0 spiro atoms. The van der Waals surface area contributed by atoms with Gasteiger partial charge in [0, 0.05) is 25.2 Å². The van der Waals surface area contributed by atoms with Crippen molar-refractivity contribution in [2.45, 2.75) is 51.3 Å². The maximum atomic E-state index is 12.2. The highest BCUT2D eigenvalue weighted by molar-refractivity contribution is 5.68. The lowest BCUT2D eigenvalue weighted by Crippen LogP contribution is -2.56. The van der Waals surface area contributed by atoms with Gasteiger partial charge in [-0.25, -0.2) is 4.79 Å². The second-order valence-electron chi connectivity index (χ2n) is 8.24. The summed E-state index contributed by atoms with van der Waals surface area (Å²) in [6.45, 7) is 8.49. The van der Waals surface area contributed by atoms with Crippen molar-refractivity contribution in [3.8, 4) is 11.5 Å². The number of fused-ring (bicyclic) bond motifs is 1. The maximum Gasteiger partial charge on any atom is 0.410 e. The molecule has 2 heterocycles. The number of ether oxygens (including phenoxy) is 3. The fraction of sp³-hybridized carbons (Fsp3) is 0.650. The van der Waals surface area contributed by atoms with E-state index in [-0.39, 0.29) is 12.7 Å². The second-order valence-corrected chi connectivity index (χ2v) is 8.24. The van der Waals surface area contributed by atoms with Crippen LogP contribution in [-0.2, 0) is 11.3 Å². The molecule has 2 aliphatic heterocycles. The first-order valence-corrected chi connectivity index (χ1v) is 9.53. The van der Waals surface area contributed by atoms with Crippen LogP contribution in [0.15, 0.2) is 18.2 Å². The summed E-state index contributed by atoms with van der Waals surface area (Å²) < 4.78 is 16.6. The minimum absolute atomic E-state index is 0.0275. The normalized spacial score (nSPS) is 18.9. The Bertz CT molecular complexity index is 663. The quantitative estimate of drug-likeness (QED) is 0.837. The monoisotopic (exact) mass is 378 g/mol. The summed E-state index contributed by atoms with van der Waals surface area (Å²) in [5.41, 5.74) is 0.173. The topological polar surface area (TPSA) is 80.3 Å². The highest BCUT2D eigenvalue weighted by Gasteiger charge is 2.36. The third-order valence-electron chi connectivity index (χ3n) is 4.95. The molecule has 7 heteroatoms. The van der Waals surface area contributed by atoms with Crippen molar-refractivity contribution in [1.29, 1.82) is 0 Å². The van der Waals surface area contributed by atoms with E-state index in [2.05, 4.69) is 5.32 Å². The van der Waals surface area contributed by atoms with Crippen LogP contribution in [0.4, 0.5) is 4.79 Å². The van der Waals surface area contributed by atoms with E-state index in [1.54, 1.807) is 4.90 Å². The molecule has 150 valence electrons. The van der Waals surface area contributed by atoms with Crippen LogP contribution in [0.5, 0.6) is 11.5 Å². The Kier molecular flexibility index (Phi) is 5.81. The highest BCUT2D eigenvalue weighted by atomic mass is 16.6. The van der Waals surface area contributed by atoms with Crippen LogP contribution in [0.1, 0.15) is 39.2 Å². The van der Waals surface area contributed by atoms with Gasteiger partial charge in [-0.05, 0) is 51.3 Å². The van der Waals surface area contributed by atoms with Gasteiger partial charge in [-0.3, -0.25) is 0 Å². The fourth-order valence-corrected chi connectivity index (χ4v) is 3.32. The van der Waals surface area contributed by atoms with Crippen LogP contribution in [-0.4, -0.2) is 60.1 Å². The molecule has 0 saturated carbocycles. The van der Waals surface area contributed by atoms with Gasteiger partial charge in [-0.1, -0.05) is 6.07 Å². The van der Waals surface area contributed by atoms with Crippen molar-refractivity contribution in [2.24, 2.45) is 0 Å². The van der Waals surface area contributed by atoms with Crippen LogP contribution in [0.2, 0.25) is 0 Å². The Morgan fingerprint density at radius 2 is 1.89 bits per heavy atom. The van der Waals surface area contributed by atoms with E-state index in [4.69, 9.17) is 14.2 Å². The lowest BCUT2D eigenvalue weighted by atomic mass is 9.88. The summed E-state index contributed by atoms with van der Waals surface area (Å²) in [6.07, 6.45) is 1.06. The molecule has 27 heavy (non-hydrogen) atoms.